The fraction of sp³-hybridized carbons (Fsp3) is 0.500. The number of hydrogen-bond acceptors (Lipinski definition) is 2. The first-order valence-electron chi connectivity index (χ1n) is 5.38. The number of nitrogens with one attached hydrogen (secondary N) is 1. The summed E-state index contributed by atoms with van der Waals surface area (Å²) in [6.45, 7) is 2.54. The lowest BCUT2D eigenvalue weighted by Crippen LogP contribution is -2.15. The van der Waals surface area contributed by atoms with Crippen molar-refractivity contribution in [1.82, 2.24) is 5.32 Å². The van der Waals surface area contributed by atoms with Crippen molar-refractivity contribution in [2.45, 2.75) is 19.4 Å². The highest BCUT2D eigenvalue weighted by Gasteiger charge is 2.02. The number of ether oxygens (including phenoxy) is 1. The Morgan fingerprint density at radius 3 is 2.81 bits per heavy atom. The SMILES string of the molecule is COCCCCNCc1cccc(Cl)c1Cl. The highest BCUT2D eigenvalue weighted by Crippen LogP contribution is 2.25. The van der Waals surface area contributed by atoms with Gasteiger partial charge in [0.05, 0.1) is 10.0 Å². The molecular formula is C12H17Cl2NO. The van der Waals surface area contributed by atoms with Crippen LogP contribution in [0.3, 0.4) is 0 Å². The third kappa shape index (κ3) is 4.71. The number of methoxy groups -OCH3 is 1. The van der Waals surface area contributed by atoms with Gasteiger partial charge in [-0.2, -0.15) is 0 Å². The molecule has 0 aromatic heterocycles. The highest BCUT2D eigenvalue weighted by atomic mass is 35.5. The number of benzene rings is 1. The van der Waals surface area contributed by atoms with E-state index in [1.54, 1.807) is 13.2 Å². The van der Waals surface area contributed by atoms with Gasteiger partial charge in [-0.3, -0.25) is 0 Å². The Balaban J connectivity index is 2.24. The second-order valence-corrected chi connectivity index (χ2v) is 4.37. The molecular weight excluding hydrogens is 245 g/mol. The van der Waals surface area contributed by atoms with Crippen LogP contribution in [-0.2, 0) is 11.3 Å². The number of unbranched alkanes of at least 4 members (excludes halogenated alkanes) is 1. The fourth-order valence-electron chi connectivity index (χ4n) is 1.40. The van der Waals surface area contributed by atoms with Crippen LogP contribution in [0.5, 0.6) is 0 Å². The Kier molecular flexibility index (Phi) is 6.81. The van der Waals surface area contributed by atoms with Crippen molar-refractivity contribution in [2.75, 3.05) is 20.3 Å². The average Bonchev–Trinajstić information content (AvgIpc) is 2.29. The van der Waals surface area contributed by atoms with E-state index in [2.05, 4.69) is 5.32 Å². The van der Waals surface area contributed by atoms with Crippen LogP contribution in [-0.4, -0.2) is 20.3 Å². The monoisotopic (exact) mass is 261 g/mol. The van der Waals surface area contributed by atoms with Crippen molar-refractivity contribution in [1.29, 1.82) is 0 Å². The molecule has 90 valence electrons. The molecule has 1 N–H and O–H groups in total. The summed E-state index contributed by atoms with van der Waals surface area (Å²) in [7, 11) is 1.72. The summed E-state index contributed by atoms with van der Waals surface area (Å²) in [6, 6.07) is 5.69. The Morgan fingerprint density at radius 1 is 1.25 bits per heavy atom. The first-order chi connectivity index (χ1) is 7.75. The maximum atomic E-state index is 6.06. The van der Waals surface area contributed by atoms with Gasteiger partial charge in [-0.25, -0.2) is 0 Å². The van der Waals surface area contributed by atoms with Crippen molar-refractivity contribution >= 4 is 23.2 Å². The van der Waals surface area contributed by atoms with E-state index in [1.165, 1.54) is 0 Å². The molecule has 16 heavy (non-hydrogen) atoms. The number of rotatable bonds is 7. The van der Waals surface area contributed by atoms with Gasteiger partial charge in [0, 0.05) is 20.3 Å². The van der Waals surface area contributed by atoms with E-state index in [4.69, 9.17) is 27.9 Å². The van der Waals surface area contributed by atoms with Crippen LogP contribution < -0.4 is 5.32 Å². The van der Waals surface area contributed by atoms with Crippen LogP contribution in [0.1, 0.15) is 18.4 Å². The van der Waals surface area contributed by atoms with E-state index in [0.29, 0.717) is 10.0 Å². The third-order valence-electron chi connectivity index (χ3n) is 2.30. The molecule has 2 nitrogen and oxygen atoms in total. The van der Waals surface area contributed by atoms with E-state index in [1.807, 2.05) is 12.1 Å². The summed E-state index contributed by atoms with van der Waals surface area (Å²) in [5.41, 5.74) is 1.04. The van der Waals surface area contributed by atoms with Crippen molar-refractivity contribution in [3.63, 3.8) is 0 Å². The van der Waals surface area contributed by atoms with Crippen LogP contribution in [0.25, 0.3) is 0 Å². The molecule has 0 aliphatic carbocycles. The van der Waals surface area contributed by atoms with Gasteiger partial charge in [0.2, 0.25) is 0 Å². The summed E-state index contributed by atoms with van der Waals surface area (Å²) in [4.78, 5) is 0. The lowest BCUT2D eigenvalue weighted by molar-refractivity contribution is 0.192. The summed E-state index contributed by atoms with van der Waals surface area (Å²) >= 11 is 12.0. The molecule has 0 spiro atoms. The Bertz CT molecular complexity index is 318. The van der Waals surface area contributed by atoms with Crippen LogP contribution in [0.4, 0.5) is 0 Å². The molecule has 0 saturated heterocycles. The second-order valence-electron chi connectivity index (χ2n) is 3.59. The zero-order chi connectivity index (χ0) is 11.8. The lowest BCUT2D eigenvalue weighted by Gasteiger charge is -2.07. The Morgan fingerprint density at radius 2 is 2.06 bits per heavy atom. The van der Waals surface area contributed by atoms with E-state index < -0.39 is 0 Å². The minimum Gasteiger partial charge on any atom is -0.385 e. The summed E-state index contributed by atoms with van der Waals surface area (Å²) < 4.78 is 4.98. The average molecular weight is 262 g/mol. The number of hydrogen-bond donors (Lipinski definition) is 1. The van der Waals surface area contributed by atoms with Gasteiger partial charge in [-0.05, 0) is 31.0 Å². The van der Waals surface area contributed by atoms with Crippen molar-refractivity contribution in [3.05, 3.63) is 33.8 Å². The molecule has 0 bridgehead atoms. The maximum absolute atomic E-state index is 6.06. The van der Waals surface area contributed by atoms with Crippen molar-refractivity contribution in [3.8, 4) is 0 Å². The molecule has 0 atom stereocenters. The van der Waals surface area contributed by atoms with Crippen molar-refractivity contribution < 1.29 is 4.74 Å². The van der Waals surface area contributed by atoms with Crippen molar-refractivity contribution in [2.24, 2.45) is 0 Å². The molecule has 0 heterocycles. The predicted octanol–water partition coefficient (Wildman–Crippen LogP) is 3.51. The first-order valence-corrected chi connectivity index (χ1v) is 6.14. The molecule has 4 heteroatoms. The summed E-state index contributed by atoms with van der Waals surface area (Å²) in [6.07, 6.45) is 2.18. The van der Waals surface area contributed by atoms with Crippen LogP contribution in [0, 0.1) is 0 Å². The Labute approximate surface area is 107 Å². The molecule has 0 fully saturated rings. The highest BCUT2D eigenvalue weighted by molar-refractivity contribution is 6.42. The first kappa shape index (κ1) is 13.8. The van der Waals surface area contributed by atoms with E-state index in [0.717, 1.165) is 38.1 Å². The molecule has 0 aliphatic heterocycles. The smallest absolute Gasteiger partial charge is 0.0637 e. The van der Waals surface area contributed by atoms with E-state index >= 15 is 0 Å². The largest absolute Gasteiger partial charge is 0.385 e. The molecule has 0 aliphatic rings. The summed E-state index contributed by atoms with van der Waals surface area (Å²) in [5.74, 6) is 0. The van der Waals surface area contributed by atoms with E-state index in [-0.39, 0.29) is 0 Å². The zero-order valence-electron chi connectivity index (χ0n) is 9.43. The van der Waals surface area contributed by atoms with E-state index in [9.17, 15) is 0 Å². The Hall–Kier alpha value is -0.280. The summed E-state index contributed by atoms with van der Waals surface area (Å²) in [5, 5.41) is 4.59. The van der Waals surface area contributed by atoms with Gasteiger partial charge in [-0.1, -0.05) is 35.3 Å². The minimum atomic E-state index is 0.611. The van der Waals surface area contributed by atoms with Crippen LogP contribution in [0.15, 0.2) is 18.2 Å². The minimum absolute atomic E-state index is 0.611. The van der Waals surface area contributed by atoms with Crippen LogP contribution in [0.2, 0.25) is 10.0 Å². The maximum Gasteiger partial charge on any atom is 0.0637 e. The van der Waals surface area contributed by atoms with Gasteiger partial charge in [0.1, 0.15) is 0 Å². The normalized spacial score (nSPS) is 10.7. The molecule has 1 rings (SSSR count). The van der Waals surface area contributed by atoms with Gasteiger partial charge >= 0.3 is 0 Å². The molecule has 1 aromatic carbocycles. The fourth-order valence-corrected chi connectivity index (χ4v) is 1.79. The quantitative estimate of drug-likeness (QED) is 0.759. The van der Waals surface area contributed by atoms with Gasteiger partial charge in [0.25, 0.3) is 0 Å². The number of halogens is 2. The molecule has 1 aromatic rings. The van der Waals surface area contributed by atoms with Gasteiger partial charge in [0.15, 0.2) is 0 Å². The topological polar surface area (TPSA) is 21.3 Å². The molecule has 0 amide bonds. The van der Waals surface area contributed by atoms with Gasteiger partial charge < -0.3 is 10.1 Å². The van der Waals surface area contributed by atoms with Gasteiger partial charge in [-0.15, -0.1) is 0 Å². The standard InChI is InChI=1S/C12H17Cl2NO/c1-16-8-3-2-7-15-9-10-5-4-6-11(13)12(10)14/h4-6,15H,2-3,7-9H2,1H3. The molecule has 0 unspecified atom stereocenters. The lowest BCUT2D eigenvalue weighted by atomic mass is 10.2. The third-order valence-corrected chi connectivity index (χ3v) is 3.16. The zero-order valence-corrected chi connectivity index (χ0v) is 10.9. The van der Waals surface area contributed by atoms with Crippen LogP contribution >= 0.6 is 23.2 Å². The predicted molar refractivity (Wildman–Crippen MR) is 69.3 cm³/mol. The molecule has 0 saturated carbocycles. The molecule has 0 radical (unpaired) electrons. The second kappa shape index (κ2) is 7.91.